The Morgan fingerprint density at radius 3 is 1.83 bits per heavy atom. The summed E-state index contributed by atoms with van der Waals surface area (Å²) in [6.07, 6.45) is 7.25. The van der Waals surface area contributed by atoms with E-state index in [1.54, 1.807) is 6.08 Å². The van der Waals surface area contributed by atoms with E-state index in [0.29, 0.717) is 0 Å². The summed E-state index contributed by atoms with van der Waals surface area (Å²) in [6, 6.07) is 0. The summed E-state index contributed by atoms with van der Waals surface area (Å²) < 4.78 is 0. The van der Waals surface area contributed by atoms with Crippen molar-refractivity contribution >= 4 is 0 Å². The molecule has 0 atom stereocenters. The van der Waals surface area contributed by atoms with Gasteiger partial charge < -0.3 is 0 Å². The van der Waals surface area contributed by atoms with Crippen molar-refractivity contribution in [3.8, 4) is 0 Å². The lowest BCUT2D eigenvalue weighted by Crippen LogP contribution is -1.07. The fourth-order valence-electron chi connectivity index (χ4n) is 0. The molecule has 0 heterocycles. The Morgan fingerprint density at radius 2 is 1.83 bits per heavy atom. The molecule has 0 aromatic carbocycles. The van der Waals surface area contributed by atoms with Gasteiger partial charge in [0.2, 0.25) is 0 Å². The molecule has 0 aliphatic heterocycles. The average molecular weight is 82.1 g/mol. The van der Waals surface area contributed by atoms with Crippen molar-refractivity contribution in [3.05, 3.63) is 24.8 Å². The second-order valence-electron chi connectivity index (χ2n) is 1.12. The molecule has 34 valence electrons. The third kappa shape index (κ3) is 92.9. The van der Waals surface area contributed by atoms with E-state index < -0.39 is 0 Å². The molecule has 6 heavy (non-hydrogen) atoms. The predicted octanol–water partition coefficient (Wildman–Crippen LogP) is 2.14. The van der Waals surface area contributed by atoms with Crippen LogP contribution in [0.1, 0.15) is 13.3 Å². The fraction of sp³-hybridized carbons (Fsp3) is 0.333. The molecule has 1 aliphatic rings. The van der Waals surface area contributed by atoms with Gasteiger partial charge in [0.05, 0.1) is 0 Å². The quantitative estimate of drug-likeness (QED) is 0.393. The Balaban J connectivity index is 0.0000000833. The highest BCUT2D eigenvalue weighted by molar-refractivity contribution is 5.02. The van der Waals surface area contributed by atoms with E-state index in [1.165, 1.54) is 6.42 Å². The van der Waals surface area contributed by atoms with E-state index in [9.17, 15) is 0 Å². The van der Waals surface area contributed by atoms with Crippen molar-refractivity contribution < 1.29 is 0 Å². The molecule has 0 unspecified atom stereocenters. The Kier molecular flexibility index (Phi) is 4.09. The van der Waals surface area contributed by atoms with E-state index >= 15 is 0 Å². The highest BCUT2D eigenvalue weighted by Gasteiger charge is 1.75. The van der Waals surface area contributed by atoms with Crippen LogP contribution in [0.4, 0.5) is 0 Å². The second-order valence-corrected chi connectivity index (χ2v) is 1.12. The zero-order chi connectivity index (χ0) is 4.83. The first-order valence-electron chi connectivity index (χ1n) is 2.14. The van der Waals surface area contributed by atoms with Crippen molar-refractivity contribution in [1.82, 2.24) is 0 Å². The Bertz CT molecular complexity index is 47.1. The first kappa shape index (κ1) is 5.48. The largest absolute Gasteiger partial charge is 0.103 e. The summed E-state index contributed by atoms with van der Waals surface area (Å²) in [7, 11) is 0. The van der Waals surface area contributed by atoms with Crippen LogP contribution in [0.5, 0.6) is 0 Å². The molecule has 0 amide bonds. The number of hydrogen-bond acceptors (Lipinski definition) is 0. The maximum absolute atomic E-state index is 3.36. The van der Waals surface area contributed by atoms with Gasteiger partial charge in [-0.05, 0) is 13.3 Å². The summed E-state index contributed by atoms with van der Waals surface area (Å²) in [5.74, 6) is 0. The standard InChI is InChI=1S/C3H4.C3H6/c1-2-3-1;1-3-2/h1-2H,3H2;3H,1H2,2H3. The van der Waals surface area contributed by atoms with E-state index in [0.717, 1.165) is 0 Å². The molecule has 0 radical (unpaired) electrons. The summed E-state index contributed by atoms with van der Waals surface area (Å²) >= 11 is 0. The van der Waals surface area contributed by atoms with Gasteiger partial charge in [-0.1, -0.05) is 18.2 Å². The molecule has 0 nitrogen and oxygen atoms in total. The van der Waals surface area contributed by atoms with Crippen molar-refractivity contribution in [2.24, 2.45) is 0 Å². The van der Waals surface area contributed by atoms with Gasteiger partial charge in [0, 0.05) is 0 Å². The molecule has 0 bridgehead atoms. The van der Waals surface area contributed by atoms with Crippen LogP contribution in [-0.2, 0) is 0 Å². The molecular weight excluding hydrogens is 72.1 g/mol. The first-order chi connectivity index (χ1) is 2.91. The van der Waals surface area contributed by atoms with E-state index in [4.69, 9.17) is 0 Å². The molecular formula is C6H10. The molecule has 0 N–H and O–H groups in total. The van der Waals surface area contributed by atoms with Gasteiger partial charge in [-0.2, -0.15) is 0 Å². The van der Waals surface area contributed by atoms with E-state index in [-0.39, 0.29) is 0 Å². The number of hydrogen-bond donors (Lipinski definition) is 0. The molecule has 0 fully saturated rings. The fourth-order valence-corrected chi connectivity index (χ4v) is 0. The van der Waals surface area contributed by atoms with Crippen LogP contribution in [0.15, 0.2) is 24.8 Å². The highest BCUT2D eigenvalue weighted by Crippen LogP contribution is 1.96. The van der Waals surface area contributed by atoms with Gasteiger partial charge >= 0.3 is 0 Å². The molecule has 0 saturated heterocycles. The van der Waals surface area contributed by atoms with Crippen molar-refractivity contribution in [2.45, 2.75) is 13.3 Å². The minimum Gasteiger partial charge on any atom is -0.103 e. The maximum Gasteiger partial charge on any atom is -0.0169 e. The highest BCUT2D eigenvalue weighted by atomic mass is 13.8. The minimum atomic E-state index is 1.25. The van der Waals surface area contributed by atoms with Crippen LogP contribution in [-0.4, -0.2) is 0 Å². The Morgan fingerprint density at radius 1 is 1.67 bits per heavy atom. The van der Waals surface area contributed by atoms with E-state index in [2.05, 4.69) is 18.7 Å². The summed E-state index contributed by atoms with van der Waals surface area (Å²) in [5.41, 5.74) is 0. The summed E-state index contributed by atoms with van der Waals surface area (Å²) in [4.78, 5) is 0. The Hall–Kier alpha value is -0.520. The van der Waals surface area contributed by atoms with Crippen LogP contribution >= 0.6 is 0 Å². The maximum atomic E-state index is 3.36. The number of rotatable bonds is 0. The van der Waals surface area contributed by atoms with Crippen LogP contribution in [0, 0.1) is 0 Å². The third-order valence-electron chi connectivity index (χ3n) is 0.236. The van der Waals surface area contributed by atoms with Crippen LogP contribution in [0.25, 0.3) is 0 Å². The van der Waals surface area contributed by atoms with Gasteiger partial charge in [-0.25, -0.2) is 0 Å². The number of allylic oxidation sites excluding steroid dienone is 3. The van der Waals surface area contributed by atoms with Crippen molar-refractivity contribution in [3.63, 3.8) is 0 Å². The molecule has 0 saturated carbocycles. The zero-order valence-corrected chi connectivity index (χ0v) is 4.15. The first-order valence-corrected chi connectivity index (χ1v) is 2.14. The molecule has 0 heteroatoms. The smallest absolute Gasteiger partial charge is 0.0169 e. The van der Waals surface area contributed by atoms with Crippen molar-refractivity contribution in [2.75, 3.05) is 0 Å². The SMILES string of the molecule is C1=CC1.C=CC. The zero-order valence-electron chi connectivity index (χ0n) is 4.15. The molecule has 1 rings (SSSR count). The normalized spacial score (nSPS) is 11.5. The second kappa shape index (κ2) is 4.48. The Labute approximate surface area is 39.2 Å². The van der Waals surface area contributed by atoms with Crippen LogP contribution in [0.2, 0.25) is 0 Å². The lowest BCUT2D eigenvalue weighted by Gasteiger charge is -1.31. The van der Waals surface area contributed by atoms with E-state index in [1.807, 2.05) is 6.92 Å². The topological polar surface area (TPSA) is 0 Å². The van der Waals surface area contributed by atoms with Crippen molar-refractivity contribution in [1.29, 1.82) is 0 Å². The molecule has 0 spiro atoms. The molecule has 0 aromatic rings. The minimum absolute atomic E-state index is 1.25. The van der Waals surface area contributed by atoms with Gasteiger partial charge in [0.1, 0.15) is 0 Å². The van der Waals surface area contributed by atoms with Gasteiger partial charge in [0.25, 0.3) is 0 Å². The van der Waals surface area contributed by atoms with Gasteiger partial charge in [-0.15, -0.1) is 6.58 Å². The van der Waals surface area contributed by atoms with Gasteiger partial charge in [0.15, 0.2) is 0 Å². The summed E-state index contributed by atoms with van der Waals surface area (Å²) in [5, 5.41) is 0. The predicted molar refractivity (Wildman–Crippen MR) is 29.6 cm³/mol. The summed E-state index contributed by atoms with van der Waals surface area (Å²) in [6.45, 7) is 5.25. The molecule has 0 aromatic heterocycles. The lowest BCUT2D eigenvalue weighted by atomic mass is 10.8. The third-order valence-corrected chi connectivity index (χ3v) is 0.236. The average Bonchev–Trinajstić information content (AvgIpc) is 2.11. The molecule has 1 aliphatic carbocycles. The van der Waals surface area contributed by atoms with Crippen LogP contribution < -0.4 is 0 Å². The lowest BCUT2D eigenvalue weighted by molar-refractivity contribution is 1.71. The monoisotopic (exact) mass is 82.1 g/mol. The van der Waals surface area contributed by atoms with Gasteiger partial charge in [-0.3, -0.25) is 0 Å². The van der Waals surface area contributed by atoms with Crippen LogP contribution in [0.3, 0.4) is 0 Å².